The molecule has 21 heavy (non-hydrogen) atoms. The van der Waals surface area contributed by atoms with Gasteiger partial charge in [0.05, 0.1) is 0 Å². The lowest BCUT2D eigenvalue weighted by Crippen LogP contribution is -2.38. The second kappa shape index (κ2) is 6.04. The topological polar surface area (TPSA) is 12.5 Å². The Morgan fingerprint density at radius 3 is 2.38 bits per heavy atom. The molecule has 2 nitrogen and oxygen atoms in total. The highest BCUT2D eigenvalue weighted by Crippen LogP contribution is 2.30. The van der Waals surface area contributed by atoms with Gasteiger partial charge in [-0.15, -0.1) is 0 Å². The Hall–Kier alpha value is -1.58. The molecule has 2 aromatic rings. The Morgan fingerprint density at radius 1 is 1.10 bits per heavy atom. The van der Waals surface area contributed by atoms with Crippen LogP contribution in [0.15, 0.2) is 48.5 Å². The Labute approximate surface area is 135 Å². The molecule has 0 amide bonds. The summed E-state index contributed by atoms with van der Waals surface area (Å²) in [5.74, 6) is 0. The van der Waals surface area contributed by atoms with Gasteiger partial charge in [0.25, 0.3) is 5.17 Å². The molecule has 3 rings (SSSR count). The van der Waals surface area contributed by atoms with E-state index in [1.54, 1.807) is 0 Å². The minimum atomic E-state index is 0.0106. The van der Waals surface area contributed by atoms with Crippen LogP contribution in [-0.2, 0) is 4.74 Å². The normalized spacial score (nSPS) is 18.5. The Bertz CT molecular complexity index is 639. The predicted molar refractivity (Wildman–Crippen MR) is 91.0 cm³/mol. The maximum Gasteiger partial charge on any atom is 0.264 e. The largest absolute Gasteiger partial charge is 0.462 e. The zero-order valence-corrected chi connectivity index (χ0v) is 13.3. The van der Waals surface area contributed by atoms with Crippen LogP contribution in [0.5, 0.6) is 0 Å². The van der Waals surface area contributed by atoms with E-state index in [-0.39, 0.29) is 6.10 Å². The summed E-state index contributed by atoms with van der Waals surface area (Å²) in [6, 6.07) is 16.1. The van der Waals surface area contributed by atoms with Crippen LogP contribution in [0.3, 0.4) is 0 Å². The van der Waals surface area contributed by atoms with Crippen molar-refractivity contribution in [1.29, 1.82) is 0 Å². The van der Waals surface area contributed by atoms with Gasteiger partial charge in [-0.25, -0.2) is 0 Å². The number of nitrogens with zero attached hydrogens (tertiary/aromatic N) is 1. The zero-order valence-electron chi connectivity index (χ0n) is 11.8. The monoisotopic (exact) mass is 317 g/mol. The van der Waals surface area contributed by atoms with Crippen molar-refractivity contribution in [2.24, 2.45) is 0 Å². The van der Waals surface area contributed by atoms with E-state index in [4.69, 9.17) is 28.6 Å². The van der Waals surface area contributed by atoms with Crippen molar-refractivity contribution >= 4 is 34.7 Å². The van der Waals surface area contributed by atoms with Gasteiger partial charge in [0, 0.05) is 23.7 Å². The van der Waals surface area contributed by atoms with Crippen LogP contribution in [-0.4, -0.2) is 11.7 Å². The molecule has 1 aliphatic heterocycles. The van der Waals surface area contributed by atoms with E-state index >= 15 is 0 Å². The van der Waals surface area contributed by atoms with Gasteiger partial charge in [0.1, 0.15) is 6.10 Å². The highest BCUT2D eigenvalue weighted by molar-refractivity contribution is 7.80. The van der Waals surface area contributed by atoms with E-state index in [0.29, 0.717) is 5.17 Å². The van der Waals surface area contributed by atoms with E-state index in [1.807, 2.05) is 29.2 Å². The number of halogens is 1. The molecule has 0 bridgehead atoms. The lowest BCUT2D eigenvalue weighted by molar-refractivity contribution is 0.166. The summed E-state index contributed by atoms with van der Waals surface area (Å²) in [6.07, 6.45) is 0.909. The van der Waals surface area contributed by atoms with E-state index in [0.717, 1.165) is 29.2 Å². The number of rotatable bonds is 2. The number of aryl methyl sites for hydroxylation is 1. The molecule has 2 aromatic carbocycles. The minimum absolute atomic E-state index is 0.0106. The molecule has 0 aliphatic carbocycles. The summed E-state index contributed by atoms with van der Waals surface area (Å²) >= 11 is 11.3. The summed E-state index contributed by atoms with van der Waals surface area (Å²) in [5, 5.41) is 1.27. The first-order valence-electron chi connectivity index (χ1n) is 6.94. The van der Waals surface area contributed by atoms with Crippen molar-refractivity contribution in [1.82, 2.24) is 0 Å². The fourth-order valence-corrected chi connectivity index (χ4v) is 2.89. The molecule has 1 unspecified atom stereocenters. The quantitative estimate of drug-likeness (QED) is 0.731. The maximum atomic E-state index is 5.92. The van der Waals surface area contributed by atoms with Crippen molar-refractivity contribution in [2.45, 2.75) is 19.4 Å². The molecule has 1 heterocycles. The molecule has 1 aliphatic rings. The molecule has 0 spiro atoms. The summed E-state index contributed by atoms with van der Waals surface area (Å²) in [7, 11) is 0. The van der Waals surface area contributed by atoms with E-state index in [2.05, 4.69) is 31.2 Å². The average Bonchev–Trinajstić information content (AvgIpc) is 2.49. The first-order valence-corrected chi connectivity index (χ1v) is 7.72. The van der Waals surface area contributed by atoms with Crippen LogP contribution in [0.2, 0.25) is 5.02 Å². The molecule has 0 N–H and O–H groups in total. The van der Waals surface area contributed by atoms with Gasteiger partial charge < -0.3 is 9.64 Å². The van der Waals surface area contributed by atoms with E-state index in [1.165, 1.54) is 5.56 Å². The lowest BCUT2D eigenvalue weighted by Gasteiger charge is -2.34. The molecule has 0 radical (unpaired) electrons. The van der Waals surface area contributed by atoms with Crippen molar-refractivity contribution in [3.63, 3.8) is 0 Å². The number of hydrogen-bond donors (Lipinski definition) is 0. The standard InChI is InChI=1S/C17H16ClNOS/c1-12-2-8-15(9-3-12)19-11-10-16(20-17(19)21)13-4-6-14(18)7-5-13/h2-9,16H,10-11H2,1H3. The third kappa shape index (κ3) is 3.20. The van der Waals surface area contributed by atoms with Crippen LogP contribution < -0.4 is 4.90 Å². The van der Waals surface area contributed by atoms with Crippen LogP contribution >= 0.6 is 23.8 Å². The Balaban J connectivity index is 1.73. The molecule has 108 valence electrons. The number of thiocarbonyl (C=S) groups is 1. The van der Waals surface area contributed by atoms with Crippen LogP contribution in [0.25, 0.3) is 0 Å². The first-order chi connectivity index (χ1) is 10.1. The fraction of sp³-hybridized carbons (Fsp3) is 0.235. The minimum Gasteiger partial charge on any atom is -0.462 e. The highest BCUT2D eigenvalue weighted by Gasteiger charge is 2.26. The molecular formula is C17H16ClNOS. The second-order valence-corrected chi connectivity index (χ2v) is 5.99. The van der Waals surface area contributed by atoms with Crippen molar-refractivity contribution < 1.29 is 4.74 Å². The van der Waals surface area contributed by atoms with E-state index in [9.17, 15) is 0 Å². The number of benzene rings is 2. The van der Waals surface area contributed by atoms with Gasteiger partial charge in [-0.3, -0.25) is 0 Å². The molecule has 0 saturated carbocycles. The van der Waals surface area contributed by atoms with Crippen molar-refractivity contribution in [3.8, 4) is 0 Å². The molecular weight excluding hydrogens is 302 g/mol. The van der Waals surface area contributed by atoms with Crippen molar-refractivity contribution in [2.75, 3.05) is 11.4 Å². The molecule has 4 heteroatoms. The van der Waals surface area contributed by atoms with Crippen LogP contribution in [0.1, 0.15) is 23.7 Å². The summed E-state index contributed by atoms with van der Waals surface area (Å²) in [4.78, 5) is 2.04. The number of anilines is 1. The van der Waals surface area contributed by atoms with Crippen LogP contribution in [0, 0.1) is 6.92 Å². The molecule has 1 atom stereocenters. The fourth-order valence-electron chi connectivity index (χ4n) is 2.45. The van der Waals surface area contributed by atoms with E-state index < -0.39 is 0 Å². The van der Waals surface area contributed by atoms with Gasteiger partial charge in [-0.1, -0.05) is 41.4 Å². The molecule has 1 fully saturated rings. The first kappa shape index (κ1) is 14.4. The molecule has 0 aromatic heterocycles. The van der Waals surface area contributed by atoms with Gasteiger partial charge in [0.2, 0.25) is 0 Å². The Kier molecular flexibility index (Phi) is 4.13. The third-order valence-electron chi connectivity index (χ3n) is 3.67. The van der Waals surface area contributed by atoms with Crippen LogP contribution in [0.4, 0.5) is 5.69 Å². The maximum absolute atomic E-state index is 5.92. The summed E-state index contributed by atoms with van der Waals surface area (Å²) < 4.78 is 5.92. The van der Waals surface area contributed by atoms with Gasteiger partial charge >= 0.3 is 0 Å². The summed E-state index contributed by atoms with van der Waals surface area (Å²) in [6.45, 7) is 2.93. The van der Waals surface area contributed by atoms with Gasteiger partial charge in [0.15, 0.2) is 0 Å². The van der Waals surface area contributed by atoms with Gasteiger partial charge in [-0.2, -0.15) is 0 Å². The van der Waals surface area contributed by atoms with Crippen molar-refractivity contribution in [3.05, 3.63) is 64.7 Å². The summed E-state index contributed by atoms with van der Waals surface area (Å²) in [5.41, 5.74) is 3.44. The third-order valence-corrected chi connectivity index (χ3v) is 4.23. The average molecular weight is 318 g/mol. The zero-order chi connectivity index (χ0) is 14.8. The highest BCUT2D eigenvalue weighted by atomic mass is 35.5. The smallest absolute Gasteiger partial charge is 0.264 e. The lowest BCUT2D eigenvalue weighted by atomic mass is 10.1. The predicted octanol–water partition coefficient (Wildman–Crippen LogP) is 4.90. The number of ether oxygens (including phenoxy) is 1. The Morgan fingerprint density at radius 2 is 1.76 bits per heavy atom. The van der Waals surface area contributed by atoms with Gasteiger partial charge in [-0.05, 0) is 49.0 Å². The number of hydrogen-bond acceptors (Lipinski definition) is 2. The second-order valence-electron chi connectivity index (χ2n) is 5.20. The molecule has 1 saturated heterocycles. The SMILES string of the molecule is Cc1ccc(N2CCC(c3ccc(Cl)cc3)OC2=S)cc1.